The molecule has 0 amide bonds. The SMILES string of the molecule is O=[N+]([O-])c1ccc(C(OP(=O)(N2CC2)N2CC2)C(F)(F)F)cc1Oc1ccc(-c2ccccc2)cc1. The molecule has 8 nitrogen and oxygen atoms in total. The van der Waals surface area contributed by atoms with Crippen LogP contribution >= 0.6 is 7.67 Å². The number of hydrogen-bond acceptors (Lipinski definition) is 5. The Balaban J connectivity index is 1.45. The van der Waals surface area contributed by atoms with Crippen molar-refractivity contribution in [2.75, 3.05) is 26.2 Å². The Morgan fingerprint density at radius 3 is 2.00 bits per heavy atom. The minimum atomic E-state index is -4.91. The molecule has 2 fully saturated rings. The van der Waals surface area contributed by atoms with Crippen molar-refractivity contribution < 1.29 is 31.9 Å². The van der Waals surface area contributed by atoms with Gasteiger partial charge in [-0.2, -0.15) is 13.2 Å². The quantitative estimate of drug-likeness (QED) is 0.140. The van der Waals surface area contributed by atoms with Gasteiger partial charge >= 0.3 is 19.5 Å². The Labute approximate surface area is 204 Å². The lowest BCUT2D eigenvalue weighted by atomic mass is 10.1. The maximum absolute atomic E-state index is 14.1. The van der Waals surface area contributed by atoms with Crippen molar-refractivity contribution in [1.29, 1.82) is 0 Å². The first kappa shape index (κ1) is 24.5. The van der Waals surface area contributed by atoms with Crippen LogP contribution in [-0.2, 0) is 9.09 Å². The smallest absolute Gasteiger partial charge is 0.419 e. The highest BCUT2D eigenvalue weighted by Gasteiger charge is 2.55. The number of hydrogen-bond donors (Lipinski definition) is 0. The lowest BCUT2D eigenvalue weighted by Crippen LogP contribution is -2.25. The third-order valence-electron chi connectivity index (χ3n) is 5.77. The molecule has 36 heavy (non-hydrogen) atoms. The topological polar surface area (TPSA) is 84.7 Å². The van der Waals surface area contributed by atoms with E-state index in [-0.39, 0.29) is 11.5 Å². The number of benzene rings is 3. The number of ether oxygens (including phenoxy) is 1. The van der Waals surface area contributed by atoms with E-state index in [0.29, 0.717) is 26.2 Å². The molecule has 3 aromatic rings. The van der Waals surface area contributed by atoms with Crippen LogP contribution in [0.25, 0.3) is 11.1 Å². The largest absolute Gasteiger partial charge is 0.450 e. The standard InChI is InChI=1S/C24H21F3N3O5P/c25-24(26,27)23(35-36(33,28-12-13-28)29-14-15-29)19-8-11-21(30(31)32)22(16-19)34-20-9-6-18(7-10-20)17-4-2-1-3-5-17/h1-11,16,23H,12-15H2. The highest BCUT2D eigenvalue weighted by Crippen LogP contribution is 2.64. The summed E-state index contributed by atoms with van der Waals surface area (Å²) in [5, 5.41) is 11.6. The van der Waals surface area contributed by atoms with Gasteiger partial charge in [-0.1, -0.05) is 42.5 Å². The van der Waals surface area contributed by atoms with Gasteiger partial charge in [-0.25, -0.2) is 9.34 Å². The van der Waals surface area contributed by atoms with Gasteiger partial charge in [-0.3, -0.25) is 19.2 Å². The zero-order valence-electron chi connectivity index (χ0n) is 18.8. The van der Waals surface area contributed by atoms with E-state index in [0.717, 1.165) is 29.3 Å². The first-order valence-electron chi connectivity index (χ1n) is 11.1. The molecule has 0 N–H and O–H groups in total. The van der Waals surface area contributed by atoms with Gasteiger partial charge < -0.3 is 4.74 Å². The molecule has 188 valence electrons. The van der Waals surface area contributed by atoms with Crippen LogP contribution in [0.2, 0.25) is 0 Å². The Bertz CT molecular complexity index is 1300. The number of nitrogens with zero attached hydrogens (tertiary/aromatic N) is 3. The van der Waals surface area contributed by atoms with Crippen molar-refractivity contribution in [2.24, 2.45) is 0 Å². The van der Waals surface area contributed by atoms with Gasteiger partial charge in [0.25, 0.3) is 0 Å². The number of nitro benzene ring substituents is 1. The number of rotatable bonds is 9. The first-order chi connectivity index (χ1) is 17.1. The predicted octanol–water partition coefficient (Wildman–Crippen LogP) is 6.41. The summed E-state index contributed by atoms with van der Waals surface area (Å²) in [7, 11) is -3.83. The van der Waals surface area contributed by atoms with E-state index in [1.165, 1.54) is 9.34 Å². The van der Waals surface area contributed by atoms with Crippen LogP contribution in [0.15, 0.2) is 72.8 Å². The summed E-state index contributed by atoms with van der Waals surface area (Å²) in [6, 6.07) is 18.9. The fourth-order valence-corrected chi connectivity index (χ4v) is 6.08. The van der Waals surface area contributed by atoms with Crippen molar-refractivity contribution in [3.8, 4) is 22.6 Å². The number of alkyl halides is 3. The Kier molecular flexibility index (Phi) is 6.34. The maximum Gasteiger partial charge on any atom is 0.419 e. The minimum Gasteiger partial charge on any atom is -0.450 e. The van der Waals surface area contributed by atoms with Gasteiger partial charge in [0.2, 0.25) is 5.75 Å². The zero-order valence-corrected chi connectivity index (χ0v) is 19.7. The fourth-order valence-electron chi connectivity index (χ4n) is 3.75. The second-order valence-electron chi connectivity index (χ2n) is 8.40. The first-order valence-corrected chi connectivity index (χ1v) is 12.7. The average molecular weight is 519 g/mol. The molecule has 2 saturated heterocycles. The van der Waals surface area contributed by atoms with Crippen LogP contribution in [0.3, 0.4) is 0 Å². The molecule has 0 bridgehead atoms. The molecule has 2 heterocycles. The van der Waals surface area contributed by atoms with E-state index in [2.05, 4.69) is 0 Å². The van der Waals surface area contributed by atoms with Crippen LogP contribution in [0.5, 0.6) is 11.5 Å². The molecule has 0 radical (unpaired) electrons. The zero-order chi connectivity index (χ0) is 25.5. The van der Waals surface area contributed by atoms with Crippen molar-refractivity contribution in [3.63, 3.8) is 0 Å². The van der Waals surface area contributed by atoms with Gasteiger partial charge in [0.15, 0.2) is 6.10 Å². The Morgan fingerprint density at radius 2 is 1.47 bits per heavy atom. The third-order valence-corrected chi connectivity index (χ3v) is 8.49. The van der Waals surface area contributed by atoms with Crippen LogP contribution in [0, 0.1) is 10.1 Å². The molecule has 3 aromatic carbocycles. The molecule has 2 aliphatic rings. The molecule has 5 rings (SSSR count). The predicted molar refractivity (Wildman–Crippen MR) is 126 cm³/mol. The van der Waals surface area contributed by atoms with E-state index >= 15 is 0 Å². The van der Waals surface area contributed by atoms with Gasteiger partial charge in [-0.05, 0) is 41.0 Å². The van der Waals surface area contributed by atoms with Crippen molar-refractivity contribution in [3.05, 3.63) is 88.5 Å². The second kappa shape index (κ2) is 9.33. The van der Waals surface area contributed by atoms with E-state index in [1.54, 1.807) is 24.3 Å². The minimum absolute atomic E-state index is 0.207. The highest BCUT2D eigenvalue weighted by molar-refractivity contribution is 7.54. The summed E-state index contributed by atoms with van der Waals surface area (Å²) < 4.78 is 69.1. The van der Waals surface area contributed by atoms with Crippen molar-refractivity contribution >= 4 is 13.4 Å². The molecule has 0 spiro atoms. The molecule has 1 unspecified atom stereocenters. The number of halogens is 3. The molecular weight excluding hydrogens is 498 g/mol. The summed E-state index contributed by atoms with van der Waals surface area (Å²) in [6.45, 7) is 1.52. The molecule has 0 saturated carbocycles. The second-order valence-corrected chi connectivity index (χ2v) is 10.7. The van der Waals surface area contributed by atoms with Crippen molar-refractivity contribution in [1.82, 2.24) is 9.34 Å². The van der Waals surface area contributed by atoms with Gasteiger partial charge in [0.05, 0.1) is 4.92 Å². The Morgan fingerprint density at radius 1 is 0.889 bits per heavy atom. The van der Waals surface area contributed by atoms with E-state index in [9.17, 15) is 27.9 Å². The summed E-state index contributed by atoms with van der Waals surface area (Å²) in [5.41, 5.74) is 0.877. The van der Waals surface area contributed by atoms with Crippen LogP contribution in [-0.4, -0.2) is 46.6 Å². The lowest BCUT2D eigenvalue weighted by Gasteiger charge is -2.28. The van der Waals surface area contributed by atoms with Gasteiger partial charge in [0, 0.05) is 32.2 Å². The van der Waals surface area contributed by atoms with Crippen molar-refractivity contribution in [2.45, 2.75) is 12.3 Å². The Hall–Kier alpha value is -3.24. The molecule has 12 heteroatoms. The lowest BCUT2D eigenvalue weighted by molar-refractivity contribution is -0.385. The number of nitro groups is 1. The highest BCUT2D eigenvalue weighted by atomic mass is 31.2. The van der Waals surface area contributed by atoms with Gasteiger partial charge in [0.1, 0.15) is 5.75 Å². The molecule has 1 atom stereocenters. The summed E-state index contributed by atoms with van der Waals surface area (Å²) in [6.07, 6.45) is -7.46. The average Bonchev–Trinajstić information content (AvgIpc) is 3.75. The molecular formula is C24H21F3N3O5P. The van der Waals surface area contributed by atoms with Crippen LogP contribution in [0.4, 0.5) is 18.9 Å². The van der Waals surface area contributed by atoms with Crippen LogP contribution in [0.1, 0.15) is 11.7 Å². The summed E-state index contributed by atoms with van der Waals surface area (Å²) in [4.78, 5) is 10.8. The van der Waals surface area contributed by atoms with E-state index < -0.39 is 36.1 Å². The fraction of sp³-hybridized carbons (Fsp3) is 0.250. The summed E-state index contributed by atoms with van der Waals surface area (Å²) in [5.74, 6) is -0.172. The van der Waals surface area contributed by atoms with Gasteiger partial charge in [-0.15, -0.1) is 0 Å². The normalized spacial score (nSPS) is 17.0. The molecule has 2 aliphatic heterocycles. The van der Waals surface area contributed by atoms with E-state index in [1.807, 2.05) is 30.3 Å². The molecule has 0 aromatic heterocycles. The molecule has 0 aliphatic carbocycles. The maximum atomic E-state index is 14.1. The van der Waals surface area contributed by atoms with E-state index in [4.69, 9.17) is 9.26 Å². The summed E-state index contributed by atoms with van der Waals surface area (Å²) >= 11 is 0. The monoisotopic (exact) mass is 519 g/mol. The van der Waals surface area contributed by atoms with Crippen LogP contribution < -0.4 is 4.74 Å². The third kappa shape index (κ3) is 5.15.